The van der Waals surface area contributed by atoms with Gasteiger partial charge in [-0.25, -0.2) is 9.59 Å². The van der Waals surface area contributed by atoms with Crippen LogP contribution in [-0.4, -0.2) is 40.1 Å². The van der Waals surface area contributed by atoms with Crippen molar-refractivity contribution in [1.29, 1.82) is 0 Å². The van der Waals surface area contributed by atoms with Crippen molar-refractivity contribution in [1.82, 2.24) is 10.2 Å². The Morgan fingerprint density at radius 2 is 1.95 bits per heavy atom. The summed E-state index contributed by atoms with van der Waals surface area (Å²) in [5.41, 5.74) is -1.11. The van der Waals surface area contributed by atoms with Gasteiger partial charge >= 0.3 is 12.0 Å². The highest BCUT2D eigenvalue weighted by atomic mass is 16.4. The maximum atomic E-state index is 12.5. The van der Waals surface area contributed by atoms with Crippen molar-refractivity contribution >= 4 is 12.0 Å². The van der Waals surface area contributed by atoms with Crippen molar-refractivity contribution in [3.63, 3.8) is 0 Å². The summed E-state index contributed by atoms with van der Waals surface area (Å²) in [4.78, 5) is 25.9. The third-order valence-electron chi connectivity index (χ3n) is 4.81. The van der Waals surface area contributed by atoms with Crippen LogP contribution < -0.4 is 5.32 Å². The van der Waals surface area contributed by atoms with Crippen LogP contribution in [0.25, 0.3) is 0 Å². The summed E-state index contributed by atoms with van der Waals surface area (Å²) in [6.45, 7) is 4.47. The second-order valence-corrected chi connectivity index (χ2v) is 6.32. The molecule has 1 heterocycles. The van der Waals surface area contributed by atoms with Crippen LogP contribution in [0.2, 0.25) is 0 Å². The van der Waals surface area contributed by atoms with Crippen LogP contribution in [0, 0.1) is 5.92 Å². The fourth-order valence-electron chi connectivity index (χ4n) is 3.15. The van der Waals surface area contributed by atoms with Gasteiger partial charge in [0.05, 0.1) is 0 Å². The maximum absolute atomic E-state index is 12.5. The Morgan fingerprint density at radius 1 is 1.25 bits per heavy atom. The highest BCUT2D eigenvalue weighted by Gasteiger charge is 2.49. The molecule has 1 aliphatic heterocycles. The quantitative estimate of drug-likeness (QED) is 0.832. The van der Waals surface area contributed by atoms with Crippen molar-refractivity contribution in [2.24, 2.45) is 5.92 Å². The maximum Gasteiger partial charge on any atom is 0.329 e. The number of nitrogens with zero attached hydrogens (tertiary/aromatic N) is 1. The Morgan fingerprint density at radius 3 is 2.50 bits per heavy atom. The molecule has 0 bridgehead atoms. The lowest BCUT2D eigenvalue weighted by Gasteiger charge is -2.34. The van der Waals surface area contributed by atoms with Crippen molar-refractivity contribution in [2.75, 3.05) is 6.54 Å². The first-order valence-corrected chi connectivity index (χ1v) is 7.81. The SMILES string of the molecule is CCC1CCCCCN1C(=O)NC(C)(C(=O)O)C1CC1. The molecule has 114 valence electrons. The number of carboxylic acids is 1. The summed E-state index contributed by atoms with van der Waals surface area (Å²) in [5, 5.41) is 12.2. The van der Waals surface area contributed by atoms with Crippen LogP contribution in [0.15, 0.2) is 0 Å². The van der Waals surface area contributed by atoms with Gasteiger partial charge in [0.15, 0.2) is 0 Å². The lowest BCUT2D eigenvalue weighted by Crippen LogP contribution is -2.59. The van der Waals surface area contributed by atoms with E-state index in [-0.39, 0.29) is 18.0 Å². The van der Waals surface area contributed by atoms with E-state index in [9.17, 15) is 14.7 Å². The van der Waals surface area contributed by atoms with Gasteiger partial charge in [-0.15, -0.1) is 0 Å². The van der Waals surface area contributed by atoms with Crippen LogP contribution in [0.1, 0.15) is 58.8 Å². The van der Waals surface area contributed by atoms with E-state index in [0.717, 1.165) is 51.5 Å². The van der Waals surface area contributed by atoms with Crippen molar-refractivity contribution < 1.29 is 14.7 Å². The third-order valence-corrected chi connectivity index (χ3v) is 4.81. The molecule has 2 unspecified atom stereocenters. The zero-order chi connectivity index (χ0) is 14.8. The zero-order valence-corrected chi connectivity index (χ0v) is 12.5. The number of carboxylic acid groups (broad SMARTS) is 1. The minimum atomic E-state index is -1.11. The number of rotatable bonds is 4. The largest absolute Gasteiger partial charge is 0.480 e. The third kappa shape index (κ3) is 3.07. The van der Waals surface area contributed by atoms with Gasteiger partial charge in [-0.1, -0.05) is 19.8 Å². The summed E-state index contributed by atoms with van der Waals surface area (Å²) >= 11 is 0. The van der Waals surface area contributed by atoms with Crippen molar-refractivity contribution in [3.8, 4) is 0 Å². The Balaban J connectivity index is 2.06. The molecule has 0 radical (unpaired) electrons. The molecule has 5 nitrogen and oxygen atoms in total. The molecule has 2 rings (SSSR count). The number of carbonyl (C=O) groups is 2. The fraction of sp³-hybridized carbons (Fsp3) is 0.867. The molecule has 5 heteroatoms. The molecule has 1 aliphatic carbocycles. The van der Waals surface area contributed by atoms with E-state index in [1.165, 1.54) is 0 Å². The number of amides is 2. The van der Waals surface area contributed by atoms with Gasteiger partial charge in [0.1, 0.15) is 5.54 Å². The fourth-order valence-corrected chi connectivity index (χ4v) is 3.15. The van der Waals surface area contributed by atoms with Gasteiger partial charge < -0.3 is 15.3 Å². The van der Waals surface area contributed by atoms with E-state index in [1.54, 1.807) is 6.92 Å². The molecule has 0 aromatic rings. The summed E-state index contributed by atoms with van der Waals surface area (Å²) < 4.78 is 0. The Hall–Kier alpha value is -1.26. The lowest BCUT2D eigenvalue weighted by molar-refractivity contribution is -0.144. The van der Waals surface area contributed by atoms with Crippen LogP contribution in [-0.2, 0) is 4.79 Å². The Kier molecular flexibility index (Phi) is 4.55. The summed E-state index contributed by atoms with van der Waals surface area (Å²) in [6.07, 6.45) is 7.05. The molecule has 0 aromatic carbocycles. The highest BCUT2D eigenvalue weighted by molar-refractivity contribution is 5.86. The van der Waals surface area contributed by atoms with E-state index in [1.807, 2.05) is 4.90 Å². The Bertz CT molecular complexity index is 381. The van der Waals surface area contributed by atoms with Crippen LogP contribution in [0.4, 0.5) is 4.79 Å². The molecule has 0 aromatic heterocycles. The standard InChI is InChI=1S/C15H26N2O3/c1-3-12-7-5-4-6-10-17(12)14(20)16-15(2,13(18)19)11-8-9-11/h11-12H,3-10H2,1-2H3,(H,16,20)(H,18,19). The van der Waals surface area contributed by atoms with E-state index >= 15 is 0 Å². The van der Waals surface area contributed by atoms with Gasteiger partial charge in [-0.3, -0.25) is 0 Å². The highest BCUT2D eigenvalue weighted by Crippen LogP contribution is 2.40. The molecule has 2 amide bonds. The number of hydrogen-bond donors (Lipinski definition) is 2. The molecule has 1 saturated heterocycles. The first-order valence-electron chi connectivity index (χ1n) is 7.81. The van der Waals surface area contributed by atoms with Crippen LogP contribution in [0.3, 0.4) is 0 Å². The molecular weight excluding hydrogens is 256 g/mol. The van der Waals surface area contributed by atoms with Crippen molar-refractivity contribution in [2.45, 2.75) is 70.4 Å². The first kappa shape index (κ1) is 15.1. The molecule has 2 fully saturated rings. The zero-order valence-electron chi connectivity index (χ0n) is 12.5. The number of likely N-dealkylation sites (tertiary alicyclic amines) is 1. The summed E-state index contributed by atoms with van der Waals surface area (Å²) in [5.74, 6) is -0.841. The van der Waals surface area contributed by atoms with Gasteiger partial charge in [-0.05, 0) is 44.9 Å². The number of hydrogen-bond acceptors (Lipinski definition) is 2. The lowest BCUT2D eigenvalue weighted by atomic mass is 9.96. The number of nitrogens with one attached hydrogen (secondary N) is 1. The smallest absolute Gasteiger partial charge is 0.329 e. The number of aliphatic carboxylic acids is 1. The summed E-state index contributed by atoms with van der Waals surface area (Å²) in [7, 11) is 0. The molecule has 0 spiro atoms. The van der Waals surface area contributed by atoms with Gasteiger partial charge in [0.2, 0.25) is 0 Å². The van der Waals surface area contributed by atoms with Crippen LogP contribution >= 0.6 is 0 Å². The van der Waals surface area contributed by atoms with E-state index in [2.05, 4.69) is 12.2 Å². The second kappa shape index (κ2) is 6.02. The molecule has 2 aliphatic rings. The van der Waals surface area contributed by atoms with Crippen LogP contribution in [0.5, 0.6) is 0 Å². The normalized spacial score (nSPS) is 26.5. The molecule has 2 N–H and O–H groups in total. The van der Waals surface area contributed by atoms with Gasteiger partial charge in [0, 0.05) is 12.6 Å². The molecular formula is C15H26N2O3. The topological polar surface area (TPSA) is 69.6 Å². The van der Waals surface area contributed by atoms with Gasteiger partial charge in [-0.2, -0.15) is 0 Å². The average Bonchev–Trinajstić information content (AvgIpc) is 3.24. The number of urea groups is 1. The minimum Gasteiger partial charge on any atom is -0.480 e. The second-order valence-electron chi connectivity index (χ2n) is 6.32. The van der Waals surface area contributed by atoms with Gasteiger partial charge in [0.25, 0.3) is 0 Å². The minimum absolute atomic E-state index is 0.0796. The number of carbonyl (C=O) groups excluding carboxylic acids is 1. The average molecular weight is 282 g/mol. The predicted octanol–water partition coefficient (Wildman–Crippen LogP) is 2.60. The molecule has 20 heavy (non-hydrogen) atoms. The van der Waals surface area contributed by atoms with Crippen molar-refractivity contribution in [3.05, 3.63) is 0 Å². The van der Waals surface area contributed by atoms with E-state index in [0.29, 0.717) is 0 Å². The molecule has 1 saturated carbocycles. The monoisotopic (exact) mass is 282 g/mol. The molecule has 2 atom stereocenters. The summed E-state index contributed by atoms with van der Waals surface area (Å²) in [6, 6.07) is 0.0466. The Labute approximate surface area is 120 Å². The van der Waals surface area contributed by atoms with E-state index < -0.39 is 11.5 Å². The predicted molar refractivity (Wildman–Crippen MR) is 76.5 cm³/mol. The first-order chi connectivity index (χ1) is 9.49. The van der Waals surface area contributed by atoms with E-state index in [4.69, 9.17) is 0 Å².